The summed E-state index contributed by atoms with van der Waals surface area (Å²) in [7, 11) is 0. The summed E-state index contributed by atoms with van der Waals surface area (Å²) in [6.07, 6.45) is 6.36. The molecule has 3 aromatic rings. The zero-order valence-corrected chi connectivity index (χ0v) is 18.3. The lowest BCUT2D eigenvalue weighted by atomic mass is 10.00. The number of aryl methyl sites for hydroxylation is 1. The number of ether oxygens (including phenoxy) is 1. The van der Waals surface area contributed by atoms with Crippen LogP contribution in [0.3, 0.4) is 0 Å². The lowest BCUT2D eigenvalue weighted by molar-refractivity contribution is -0.140. The van der Waals surface area contributed by atoms with Gasteiger partial charge < -0.3 is 9.64 Å². The van der Waals surface area contributed by atoms with Crippen molar-refractivity contribution in [1.82, 2.24) is 24.9 Å². The van der Waals surface area contributed by atoms with Crippen LogP contribution >= 0.6 is 11.6 Å². The number of pyridine rings is 1. The van der Waals surface area contributed by atoms with Gasteiger partial charge in [-0.25, -0.2) is 4.68 Å². The second-order valence-electron chi connectivity index (χ2n) is 8.22. The minimum absolute atomic E-state index is 0.0170. The van der Waals surface area contributed by atoms with E-state index >= 15 is 0 Å². The number of benzene rings is 1. The molecule has 0 N–H and O–H groups in total. The van der Waals surface area contributed by atoms with E-state index in [4.69, 9.17) is 16.3 Å². The van der Waals surface area contributed by atoms with Crippen LogP contribution in [0.5, 0.6) is 5.75 Å². The molecule has 2 atom stereocenters. The summed E-state index contributed by atoms with van der Waals surface area (Å²) in [5, 5.41) is 9.01. The fourth-order valence-electron chi connectivity index (χ4n) is 4.39. The van der Waals surface area contributed by atoms with Gasteiger partial charge in [0.25, 0.3) is 5.91 Å². The van der Waals surface area contributed by atoms with Crippen molar-refractivity contribution in [3.05, 3.63) is 59.0 Å². The molecule has 0 saturated carbocycles. The van der Waals surface area contributed by atoms with Crippen molar-refractivity contribution in [3.63, 3.8) is 0 Å². The van der Waals surface area contributed by atoms with Crippen LogP contribution in [-0.2, 0) is 11.3 Å². The van der Waals surface area contributed by atoms with Gasteiger partial charge in [-0.1, -0.05) is 16.8 Å². The number of likely N-dealkylation sites (tertiary alicyclic amines) is 1. The fourth-order valence-corrected chi connectivity index (χ4v) is 4.57. The SMILES string of the molecule is Cc1ccncc1-c1cn(C[C@@H]2CCCN2C(=O)C2CC(=O)c3cc(Cl)ccc3O2)nn1. The Morgan fingerprint density at radius 2 is 2.16 bits per heavy atom. The van der Waals surface area contributed by atoms with Crippen LogP contribution in [0, 0.1) is 6.92 Å². The van der Waals surface area contributed by atoms with Crippen LogP contribution in [-0.4, -0.2) is 55.3 Å². The molecule has 1 saturated heterocycles. The normalized spacial score (nSPS) is 20.2. The number of hydrogen-bond acceptors (Lipinski definition) is 6. The zero-order valence-electron chi connectivity index (χ0n) is 17.6. The maximum absolute atomic E-state index is 13.3. The molecule has 2 aliphatic rings. The van der Waals surface area contributed by atoms with Gasteiger partial charge in [-0.05, 0) is 49.6 Å². The number of halogens is 1. The first-order valence-corrected chi connectivity index (χ1v) is 11.0. The minimum Gasteiger partial charge on any atom is -0.479 e. The zero-order chi connectivity index (χ0) is 22.2. The van der Waals surface area contributed by atoms with E-state index in [1.807, 2.05) is 24.1 Å². The number of carbonyl (C=O) groups excluding carboxylic acids is 2. The van der Waals surface area contributed by atoms with Gasteiger partial charge in [-0.2, -0.15) is 0 Å². The molecule has 4 heterocycles. The molecule has 0 aliphatic carbocycles. The van der Waals surface area contributed by atoms with Crippen molar-refractivity contribution < 1.29 is 14.3 Å². The van der Waals surface area contributed by atoms with Gasteiger partial charge in [0.05, 0.1) is 30.8 Å². The second-order valence-corrected chi connectivity index (χ2v) is 8.65. The van der Waals surface area contributed by atoms with E-state index in [0.29, 0.717) is 29.4 Å². The standard InChI is InChI=1S/C23H22ClN5O3/c1-14-6-7-25-11-18(14)19-13-28(27-26-19)12-16-3-2-8-29(16)23(31)22-10-20(30)17-9-15(24)4-5-21(17)32-22/h4-7,9,11,13,16,22H,2-3,8,10,12H2,1H3/t16-,22?/m0/s1. The summed E-state index contributed by atoms with van der Waals surface area (Å²) in [6.45, 7) is 3.17. The van der Waals surface area contributed by atoms with Crippen molar-refractivity contribution in [2.45, 2.75) is 44.9 Å². The van der Waals surface area contributed by atoms with E-state index in [1.54, 1.807) is 35.3 Å². The Balaban J connectivity index is 1.30. The Hall–Kier alpha value is -3.26. The fraction of sp³-hybridized carbons (Fsp3) is 0.348. The van der Waals surface area contributed by atoms with E-state index in [9.17, 15) is 9.59 Å². The Bertz CT molecular complexity index is 1190. The summed E-state index contributed by atoms with van der Waals surface area (Å²) in [5.41, 5.74) is 3.19. The third kappa shape index (κ3) is 3.86. The molecule has 8 nitrogen and oxygen atoms in total. The molecule has 0 bridgehead atoms. The first-order valence-electron chi connectivity index (χ1n) is 10.6. The molecular formula is C23H22ClN5O3. The minimum atomic E-state index is -0.818. The summed E-state index contributed by atoms with van der Waals surface area (Å²) in [6, 6.07) is 6.80. The highest BCUT2D eigenvalue weighted by molar-refractivity contribution is 6.31. The highest BCUT2D eigenvalue weighted by Crippen LogP contribution is 2.32. The van der Waals surface area contributed by atoms with Crippen molar-refractivity contribution in [3.8, 4) is 17.0 Å². The predicted molar refractivity (Wildman–Crippen MR) is 118 cm³/mol. The summed E-state index contributed by atoms with van der Waals surface area (Å²) in [4.78, 5) is 31.8. The third-order valence-electron chi connectivity index (χ3n) is 6.07. The highest BCUT2D eigenvalue weighted by atomic mass is 35.5. The number of ketones is 1. The van der Waals surface area contributed by atoms with E-state index in [2.05, 4.69) is 15.3 Å². The number of rotatable bonds is 4. The topological polar surface area (TPSA) is 90.2 Å². The van der Waals surface area contributed by atoms with Gasteiger partial charge >= 0.3 is 0 Å². The highest BCUT2D eigenvalue weighted by Gasteiger charge is 2.38. The average Bonchev–Trinajstić information content (AvgIpc) is 3.44. The maximum atomic E-state index is 13.3. The molecule has 5 rings (SSSR count). The van der Waals surface area contributed by atoms with Gasteiger partial charge in [0.1, 0.15) is 11.4 Å². The predicted octanol–water partition coefficient (Wildman–Crippen LogP) is 3.33. The van der Waals surface area contributed by atoms with Crippen molar-refractivity contribution in [2.24, 2.45) is 0 Å². The molecule has 164 valence electrons. The van der Waals surface area contributed by atoms with Crippen LogP contribution < -0.4 is 4.74 Å². The van der Waals surface area contributed by atoms with Gasteiger partial charge in [-0.15, -0.1) is 5.10 Å². The number of aromatic nitrogens is 4. The summed E-state index contributed by atoms with van der Waals surface area (Å²) in [5.74, 6) is 0.119. The first kappa shape index (κ1) is 20.6. The van der Waals surface area contributed by atoms with Gasteiger partial charge in [0.2, 0.25) is 0 Å². The number of carbonyl (C=O) groups is 2. The largest absolute Gasteiger partial charge is 0.479 e. The molecule has 0 spiro atoms. The van der Waals surface area contributed by atoms with E-state index in [-0.39, 0.29) is 24.2 Å². The molecule has 0 radical (unpaired) electrons. The smallest absolute Gasteiger partial charge is 0.264 e. The van der Waals surface area contributed by atoms with E-state index < -0.39 is 6.10 Å². The molecule has 2 aliphatic heterocycles. The van der Waals surface area contributed by atoms with Gasteiger partial charge in [-0.3, -0.25) is 14.6 Å². The Morgan fingerprint density at radius 1 is 1.28 bits per heavy atom. The maximum Gasteiger partial charge on any atom is 0.264 e. The number of Topliss-reactive ketones (excluding diaryl/α,β-unsaturated/α-hetero) is 1. The Morgan fingerprint density at radius 3 is 3.00 bits per heavy atom. The molecule has 32 heavy (non-hydrogen) atoms. The van der Waals surface area contributed by atoms with Gasteiger partial charge in [0.15, 0.2) is 11.9 Å². The molecule has 1 amide bonds. The van der Waals surface area contributed by atoms with E-state index in [0.717, 1.165) is 29.7 Å². The van der Waals surface area contributed by atoms with Crippen LogP contribution in [0.2, 0.25) is 5.02 Å². The van der Waals surface area contributed by atoms with Crippen molar-refractivity contribution in [1.29, 1.82) is 0 Å². The Labute approximate surface area is 190 Å². The van der Waals surface area contributed by atoms with Gasteiger partial charge in [0, 0.05) is 29.5 Å². The summed E-state index contributed by atoms with van der Waals surface area (Å²) < 4.78 is 7.66. The number of fused-ring (bicyclic) bond motifs is 1. The lowest BCUT2D eigenvalue weighted by Gasteiger charge is -2.31. The second kappa shape index (κ2) is 8.35. The average molecular weight is 452 g/mol. The third-order valence-corrected chi connectivity index (χ3v) is 6.30. The van der Waals surface area contributed by atoms with Crippen LogP contribution in [0.15, 0.2) is 42.9 Å². The molecule has 1 fully saturated rings. The molecular weight excluding hydrogens is 430 g/mol. The molecule has 1 unspecified atom stereocenters. The number of nitrogens with zero attached hydrogens (tertiary/aromatic N) is 5. The van der Waals surface area contributed by atoms with Crippen LogP contribution in [0.4, 0.5) is 0 Å². The van der Waals surface area contributed by atoms with Crippen LogP contribution in [0.1, 0.15) is 35.2 Å². The van der Waals surface area contributed by atoms with E-state index in [1.165, 1.54) is 0 Å². The monoisotopic (exact) mass is 451 g/mol. The number of hydrogen-bond donors (Lipinski definition) is 0. The molecule has 9 heteroatoms. The molecule has 2 aromatic heterocycles. The van der Waals surface area contributed by atoms with Crippen molar-refractivity contribution in [2.75, 3.05) is 6.54 Å². The number of amides is 1. The molecule has 1 aromatic carbocycles. The van der Waals surface area contributed by atoms with Crippen LogP contribution in [0.25, 0.3) is 11.3 Å². The lowest BCUT2D eigenvalue weighted by Crippen LogP contribution is -2.47. The van der Waals surface area contributed by atoms with Crippen molar-refractivity contribution >= 4 is 23.3 Å². The summed E-state index contributed by atoms with van der Waals surface area (Å²) >= 11 is 5.99. The quantitative estimate of drug-likeness (QED) is 0.604. The first-order chi connectivity index (χ1) is 15.5. The Kier molecular flexibility index (Phi) is 5.38.